The number of rotatable bonds is 0. The minimum atomic E-state index is 0.0196. The highest BCUT2D eigenvalue weighted by molar-refractivity contribution is 5.34. The Hall–Kier alpha value is -0.820. The Morgan fingerprint density at radius 1 is 1.36 bits per heavy atom. The van der Waals surface area contributed by atoms with E-state index in [4.69, 9.17) is 5.73 Å². The Kier molecular flexibility index (Phi) is 1.46. The van der Waals surface area contributed by atoms with Crippen molar-refractivity contribution in [2.75, 3.05) is 0 Å². The van der Waals surface area contributed by atoms with Gasteiger partial charge in [0.15, 0.2) is 0 Å². The minimum absolute atomic E-state index is 0.0196. The van der Waals surface area contributed by atoms with Crippen molar-refractivity contribution in [1.29, 1.82) is 0 Å². The molecule has 0 spiro atoms. The Morgan fingerprint density at radius 2 is 2.09 bits per heavy atom. The summed E-state index contributed by atoms with van der Waals surface area (Å²) in [6.45, 7) is 2.15. The van der Waals surface area contributed by atoms with E-state index in [1.165, 1.54) is 11.1 Å². The molecular weight excluding hydrogens is 134 g/mol. The van der Waals surface area contributed by atoms with Crippen LogP contribution in [-0.4, -0.2) is 0 Å². The van der Waals surface area contributed by atoms with E-state index in [9.17, 15) is 0 Å². The monoisotopic (exact) mass is 146 g/mol. The fourth-order valence-electron chi connectivity index (χ4n) is 1.79. The molecule has 0 saturated carbocycles. The average molecular weight is 146 g/mol. The lowest BCUT2D eigenvalue weighted by Crippen LogP contribution is -2.03. The lowest BCUT2D eigenvalue weighted by atomic mass is 10.0. The van der Waals surface area contributed by atoms with Crippen LogP contribution in [0.4, 0.5) is 0 Å². The van der Waals surface area contributed by atoms with Crippen LogP contribution in [0.15, 0.2) is 24.3 Å². The average Bonchev–Trinajstić information content (AvgIpc) is 2.30. The molecule has 0 fully saturated rings. The maximum atomic E-state index is 7.82. The first-order valence-corrected chi connectivity index (χ1v) is 4.08. The van der Waals surface area contributed by atoms with Crippen LogP contribution in [0.1, 0.15) is 24.1 Å². The molecule has 0 aliphatic heterocycles. The third-order valence-corrected chi connectivity index (χ3v) is 2.50. The highest BCUT2D eigenvalue weighted by atomic mass is 14.7. The Balaban J connectivity index is 2.47. The quantitative estimate of drug-likeness (QED) is 0.536. The summed E-state index contributed by atoms with van der Waals surface area (Å²) >= 11 is 0. The summed E-state index contributed by atoms with van der Waals surface area (Å²) < 4.78 is 0. The second kappa shape index (κ2) is 2.35. The van der Waals surface area contributed by atoms with Crippen LogP contribution in [0.2, 0.25) is 0 Å². The molecule has 11 heavy (non-hydrogen) atoms. The van der Waals surface area contributed by atoms with Crippen LogP contribution < -0.4 is 5.73 Å². The van der Waals surface area contributed by atoms with E-state index in [0.29, 0.717) is 5.92 Å². The van der Waals surface area contributed by atoms with Crippen molar-refractivity contribution >= 4 is 0 Å². The van der Waals surface area contributed by atoms with Gasteiger partial charge in [-0.2, -0.15) is 0 Å². The molecule has 0 unspecified atom stereocenters. The predicted octanol–water partition coefficient (Wildman–Crippen LogP) is 2.20. The van der Waals surface area contributed by atoms with Crippen molar-refractivity contribution in [2.24, 2.45) is 5.92 Å². The van der Waals surface area contributed by atoms with Gasteiger partial charge in [-0.25, -0.2) is 5.73 Å². The van der Waals surface area contributed by atoms with Gasteiger partial charge in [0.2, 0.25) is 0 Å². The number of benzene rings is 1. The van der Waals surface area contributed by atoms with E-state index in [1.54, 1.807) is 0 Å². The van der Waals surface area contributed by atoms with Crippen molar-refractivity contribution < 1.29 is 0 Å². The molecule has 1 heteroatoms. The van der Waals surface area contributed by atoms with Gasteiger partial charge in [-0.15, -0.1) is 0 Å². The standard InChI is InChI=1S/C10H12N/c1-7-6-8-4-2-3-5-9(8)10(7)11/h2-5,7,10-11H,6H2,1H3/t7-,10+/m1/s1. The van der Waals surface area contributed by atoms with Crippen molar-refractivity contribution in [3.8, 4) is 0 Å². The van der Waals surface area contributed by atoms with E-state index in [2.05, 4.69) is 25.1 Å². The van der Waals surface area contributed by atoms with Gasteiger partial charge >= 0.3 is 0 Å². The zero-order chi connectivity index (χ0) is 7.84. The first-order valence-electron chi connectivity index (χ1n) is 4.08. The fraction of sp³-hybridized carbons (Fsp3) is 0.400. The van der Waals surface area contributed by atoms with Gasteiger partial charge in [-0.3, -0.25) is 0 Å². The maximum absolute atomic E-state index is 7.82. The summed E-state index contributed by atoms with van der Waals surface area (Å²) in [5.74, 6) is 0.507. The van der Waals surface area contributed by atoms with Gasteiger partial charge in [0.1, 0.15) is 0 Å². The molecule has 0 saturated heterocycles. The van der Waals surface area contributed by atoms with Crippen LogP contribution >= 0.6 is 0 Å². The van der Waals surface area contributed by atoms with Crippen molar-refractivity contribution in [3.63, 3.8) is 0 Å². The summed E-state index contributed by atoms with van der Waals surface area (Å²) in [4.78, 5) is 0. The first kappa shape index (κ1) is 6.86. The molecule has 1 N–H and O–H groups in total. The van der Waals surface area contributed by atoms with Gasteiger partial charge in [0, 0.05) is 6.04 Å². The summed E-state index contributed by atoms with van der Waals surface area (Å²) in [5, 5.41) is 0. The molecule has 0 heterocycles. The minimum Gasteiger partial charge on any atom is -0.249 e. The molecule has 2 atom stereocenters. The molecule has 1 aromatic carbocycles. The highest BCUT2D eigenvalue weighted by Crippen LogP contribution is 2.34. The molecule has 57 valence electrons. The van der Waals surface area contributed by atoms with Crippen LogP contribution in [-0.2, 0) is 6.42 Å². The largest absolute Gasteiger partial charge is 0.249 e. The SMILES string of the molecule is C[C@@H]1Cc2ccccc2[C@H]1[NH]. The smallest absolute Gasteiger partial charge is 0.0494 e. The lowest BCUT2D eigenvalue weighted by Gasteiger charge is -2.07. The molecule has 0 amide bonds. The first-order chi connectivity index (χ1) is 5.29. The zero-order valence-electron chi connectivity index (χ0n) is 6.67. The summed E-state index contributed by atoms with van der Waals surface area (Å²) in [5.41, 5.74) is 10.4. The topological polar surface area (TPSA) is 23.8 Å². The van der Waals surface area contributed by atoms with Crippen molar-refractivity contribution in [3.05, 3.63) is 35.4 Å². The van der Waals surface area contributed by atoms with Crippen LogP contribution in [0.5, 0.6) is 0 Å². The molecule has 1 aliphatic rings. The van der Waals surface area contributed by atoms with Gasteiger partial charge in [-0.1, -0.05) is 31.2 Å². The Labute approximate surface area is 67.2 Å². The van der Waals surface area contributed by atoms with E-state index in [1.807, 2.05) is 6.07 Å². The van der Waals surface area contributed by atoms with Crippen molar-refractivity contribution in [1.82, 2.24) is 5.73 Å². The molecule has 0 aromatic heterocycles. The van der Waals surface area contributed by atoms with E-state index in [-0.39, 0.29) is 6.04 Å². The lowest BCUT2D eigenvalue weighted by molar-refractivity contribution is 0.501. The molecular formula is C10H12N. The molecule has 0 bridgehead atoms. The van der Waals surface area contributed by atoms with E-state index in [0.717, 1.165) is 6.42 Å². The number of hydrogen-bond acceptors (Lipinski definition) is 0. The predicted molar refractivity (Wildman–Crippen MR) is 45.1 cm³/mol. The second-order valence-corrected chi connectivity index (χ2v) is 3.36. The number of hydrogen-bond donors (Lipinski definition) is 0. The second-order valence-electron chi connectivity index (χ2n) is 3.36. The Bertz CT molecular complexity index is 267. The van der Waals surface area contributed by atoms with Gasteiger partial charge in [0.25, 0.3) is 0 Å². The van der Waals surface area contributed by atoms with Crippen LogP contribution in [0.25, 0.3) is 0 Å². The van der Waals surface area contributed by atoms with E-state index >= 15 is 0 Å². The molecule has 1 nitrogen and oxygen atoms in total. The third-order valence-electron chi connectivity index (χ3n) is 2.50. The van der Waals surface area contributed by atoms with Gasteiger partial charge in [-0.05, 0) is 23.5 Å². The number of fused-ring (bicyclic) bond motifs is 1. The zero-order valence-corrected chi connectivity index (χ0v) is 6.67. The van der Waals surface area contributed by atoms with E-state index < -0.39 is 0 Å². The highest BCUT2D eigenvalue weighted by Gasteiger charge is 2.25. The number of nitrogens with one attached hydrogen (secondary N) is 1. The summed E-state index contributed by atoms with van der Waals surface area (Å²) in [6.07, 6.45) is 1.09. The Morgan fingerprint density at radius 3 is 2.82 bits per heavy atom. The molecule has 1 aliphatic carbocycles. The van der Waals surface area contributed by atoms with Crippen LogP contribution in [0, 0.1) is 5.92 Å². The third kappa shape index (κ3) is 0.962. The van der Waals surface area contributed by atoms with Crippen LogP contribution in [0.3, 0.4) is 0 Å². The normalized spacial score (nSPS) is 28.5. The van der Waals surface area contributed by atoms with Gasteiger partial charge in [0.05, 0.1) is 0 Å². The van der Waals surface area contributed by atoms with Crippen molar-refractivity contribution in [2.45, 2.75) is 19.4 Å². The van der Waals surface area contributed by atoms with Gasteiger partial charge < -0.3 is 0 Å². The fourth-order valence-corrected chi connectivity index (χ4v) is 1.79. The summed E-state index contributed by atoms with van der Waals surface area (Å²) in [7, 11) is 0. The molecule has 2 rings (SSSR count). The molecule has 1 aromatic rings. The maximum Gasteiger partial charge on any atom is 0.0494 e. The molecule has 1 radical (unpaired) electrons. The summed E-state index contributed by atoms with van der Waals surface area (Å²) in [6, 6.07) is 8.32.